The molecule has 0 aliphatic carbocycles. The summed E-state index contributed by atoms with van der Waals surface area (Å²) in [5, 5.41) is 0. The quantitative estimate of drug-likeness (QED) is 0.569. The van der Waals surface area contributed by atoms with Gasteiger partial charge in [0.1, 0.15) is 6.10 Å². The zero-order chi connectivity index (χ0) is 17.6. The summed E-state index contributed by atoms with van der Waals surface area (Å²) in [7, 11) is 0. The number of hydrogen-bond acceptors (Lipinski definition) is 4. The summed E-state index contributed by atoms with van der Waals surface area (Å²) in [6.45, 7) is 6.66. The van der Waals surface area contributed by atoms with Crippen molar-refractivity contribution in [3.8, 4) is 0 Å². The number of piperidine rings is 4. The Morgan fingerprint density at radius 3 is 2.80 bits per heavy atom. The number of carbonyl (C=O) groups is 2. The number of allylic oxidation sites excluding steroid dienone is 1. The van der Waals surface area contributed by atoms with E-state index >= 15 is 0 Å². The van der Waals surface area contributed by atoms with Crippen LogP contribution in [0, 0.1) is 11.8 Å². The van der Waals surface area contributed by atoms with Crippen LogP contribution in [-0.4, -0.2) is 59.5 Å². The van der Waals surface area contributed by atoms with Crippen LogP contribution in [0.5, 0.6) is 0 Å². The van der Waals surface area contributed by atoms with Crippen LogP contribution in [0.3, 0.4) is 0 Å². The second-order valence-electron chi connectivity index (χ2n) is 8.28. The molecule has 0 aromatic rings. The molecule has 0 spiro atoms. The second kappa shape index (κ2) is 6.75. The number of rotatable bonds is 2. The second-order valence-corrected chi connectivity index (χ2v) is 8.28. The van der Waals surface area contributed by atoms with Crippen LogP contribution in [0.25, 0.3) is 0 Å². The summed E-state index contributed by atoms with van der Waals surface area (Å²) in [4.78, 5) is 29.9. The van der Waals surface area contributed by atoms with Crippen molar-refractivity contribution in [2.45, 2.75) is 70.6 Å². The summed E-state index contributed by atoms with van der Waals surface area (Å²) in [6, 6.07) is 0.732. The number of esters is 1. The number of fused-ring (bicyclic) bond motifs is 6. The van der Waals surface area contributed by atoms with Crippen LogP contribution in [-0.2, 0) is 14.3 Å². The van der Waals surface area contributed by atoms with Crippen molar-refractivity contribution in [3.05, 3.63) is 11.6 Å². The maximum Gasteiger partial charge on any atom is 0.333 e. The van der Waals surface area contributed by atoms with Gasteiger partial charge in [0, 0.05) is 43.7 Å². The summed E-state index contributed by atoms with van der Waals surface area (Å²) < 4.78 is 5.71. The smallest absolute Gasteiger partial charge is 0.333 e. The summed E-state index contributed by atoms with van der Waals surface area (Å²) in [6.07, 6.45) is 8.09. The van der Waals surface area contributed by atoms with Crippen molar-refractivity contribution in [2.24, 2.45) is 11.8 Å². The molecular weight excluding hydrogens is 316 g/mol. The molecule has 5 heteroatoms. The highest BCUT2D eigenvalue weighted by atomic mass is 16.5. The van der Waals surface area contributed by atoms with Crippen molar-refractivity contribution in [2.75, 3.05) is 19.6 Å². The third kappa shape index (κ3) is 3.01. The van der Waals surface area contributed by atoms with E-state index in [0.717, 1.165) is 45.3 Å². The summed E-state index contributed by atoms with van der Waals surface area (Å²) in [5.74, 6) is 0.911. The van der Waals surface area contributed by atoms with Crippen molar-refractivity contribution in [1.29, 1.82) is 0 Å². The SMILES string of the molecule is C/C=C(\C)C(=O)O[C@H]1CCN2C[C@H]3C[C@H](C(=O)N4CCCCC34)C2C1. The lowest BCUT2D eigenvalue weighted by Gasteiger charge is -2.56. The van der Waals surface area contributed by atoms with Gasteiger partial charge in [-0.05, 0) is 51.9 Å². The van der Waals surface area contributed by atoms with E-state index in [1.165, 1.54) is 12.8 Å². The lowest BCUT2D eigenvalue weighted by atomic mass is 9.70. The Morgan fingerprint density at radius 1 is 1.16 bits per heavy atom. The first-order valence-corrected chi connectivity index (χ1v) is 9.97. The van der Waals surface area contributed by atoms with E-state index in [4.69, 9.17) is 4.74 Å². The van der Waals surface area contributed by atoms with Crippen LogP contribution in [0.15, 0.2) is 11.6 Å². The molecule has 2 bridgehead atoms. The van der Waals surface area contributed by atoms with Crippen molar-refractivity contribution in [3.63, 3.8) is 0 Å². The number of hydrogen-bond donors (Lipinski definition) is 0. The monoisotopic (exact) mass is 346 g/mol. The van der Waals surface area contributed by atoms with E-state index in [1.807, 2.05) is 6.92 Å². The summed E-state index contributed by atoms with van der Waals surface area (Å²) >= 11 is 0. The van der Waals surface area contributed by atoms with Gasteiger partial charge < -0.3 is 9.64 Å². The first kappa shape index (κ1) is 17.1. The van der Waals surface area contributed by atoms with Gasteiger partial charge in [-0.15, -0.1) is 0 Å². The summed E-state index contributed by atoms with van der Waals surface area (Å²) in [5.41, 5.74) is 0.663. The molecule has 4 fully saturated rings. The normalized spacial score (nSPS) is 38.8. The molecule has 0 saturated carbocycles. The fourth-order valence-corrected chi connectivity index (χ4v) is 5.46. The molecule has 4 heterocycles. The standard InChI is InChI=1S/C20H30N2O3/c1-3-13(2)20(24)25-15-7-9-21-12-14-10-16(18(21)11-15)19(23)22-8-5-4-6-17(14)22/h3,14-18H,4-12H2,1-2H3/b13-3+/t14-,15+,16+,17?,18?/m1/s1. The maximum atomic E-state index is 13.1. The number of nitrogens with zero attached hydrogens (tertiary/aromatic N) is 2. The molecule has 4 saturated heterocycles. The molecule has 4 aliphatic rings. The van der Waals surface area contributed by atoms with Crippen LogP contribution in [0.1, 0.15) is 52.4 Å². The topological polar surface area (TPSA) is 49.9 Å². The lowest BCUT2D eigenvalue weighted by Crippen LogP contribution is -2.66. The van der Waals surface area contributed by atoms with Gasteiger partial charge >= 0.3 is 5.97 Å². The molecule has 0 aromatic heterocycles. The highest BCUT2D eigenvalue weighted by molar-refractivity contribution is 5.87. The molecule has 0 radical (unpaired) electrons. The Hall–Kier alpha value is -1.36. The Morgan fingerprint density at radius 2 is 2.00 bits per heavy atom. The Kier molecular flexibility index (Phi) is 4.61. The first-order chi connectivity index (χ1) is 12.1. The van der Waals surface area contributed by atoms with Crippen LogP contribution in [0.2, 0.25) is 0 Å². The highest BCUT2D eigenvalue weighted by Gasteiger charge is 2.52. The molecule has 0 aromatic carbocycles. The minimum absolute atomic E-state index is 0.0490. The fraction of sp³-hybridized carbons (Fsp3) is 0.800. The molecule has 1 amide bonds. The first-order valence-electron chi connectivity index (χ1n) is 9.97. The van der Waals surface area contributed by atoms with Gasteiger partial charge in [0.15, 0.2) is 0 Å². The van der Waals surface area contributed by atoms with Gasteiger partial charge in [-0.2, -0.15) is 0 Å². The molecule has 2 unspecified atom stereocenters. The molecule has 5 atom stereocenters. The number of amides is 1. The van der Waals surface area contributed by atoms with Crippen molar-refractivity contribution in [1.82, 2.24) is 9.80 Å². The van der Waals surface area contributed by atoms with Gasteiger partial charge in [0.05, 0.1) is 5.92 Å². The Labute approximate surface area is 150 Å². The zero-order valence-electron chi connectivity index (χ0n) is 15.4. The Balaban J connectivity index is 1.47. The predicted molar refractivity (Wildman–Crippen MR) is 94.9 cm³/mol. The molecular formula is C20H30N2O3. The van der Waals surface area contributed by atoms with E-state index in [-0.39, 0.29) is 24.0 Å². The Bertz CT molecular complexity index is 587. The average Bonchev–Trinajstić information content (AvgIpc) is 2.65. The van der Waals surface area contributed by atoms with Gasteiger partial charge in [-0.25, -0.2) is 4.79 Å². The van der Waals surface area contributed by atoms with E-state index in [9.17, 15) is 9.59 Å². The van der Waals surface area contributed by atoms with Gasteiger partial charge in [-0.1, -0.05) is 6.08 Å². The van der Waals surface area contributed by atoms with Crippen molar-refractivity contribution < 1.29 is 14.3 Å². The lowest BCUT2D eigenvalue weighted by molar-refractivity contribution is -0.164. The zero-order valence-corrected chi connectivity index (χ0v) is 15.4. The third-order valence-corrected chi connectivity index (χ3v) is 6.92. The van der Waals surface area contributed by atoms with E-state index in [2.05, 4.69) is 9.80 Å². The van der Waals surface area contributed by atoms with Crippen molar-refractivity contribution >= 4 is 11.9 Å². The molecule has 4 aliphatic heterocycles. The molecule has 5 nitrogen and oxygen atoms in total. The van der Waals surface area contributed by atoms with E-state index in [0.29, 0.717) is 23.4 Å². The fourth-order valence-electron chi connectivity index (χ4n) is 5.46. The largest absolute Gasteiger partial charge is 0.459 e. The van der Waals surface area contributed by atoms with Gasteiger partial charge in [0.25, 0.3) is 0 Å². The molecule has 0 N–H and O–H groups in total. The van der Waals surface area contributed by atoms with Gasteiger partial charge in [0.2, 0.25) is 5.91 Å². The van der Waals surface area contributed by atoms with E-state index < -0.39 is 0 Å². The highest BCUT2D eigenvalue weighted by Crippen LogP contribution is 2.43. The number of ether oxygens (including phenoxy) is 1. The average molecular weight is 346 g/mol. The molecule has 138 valence electrons. The minimum Gasteiger partial charge on any atom is -0.459 e. The maximum absolute atomic E-state index is 13.1. The predicted octanol–water partition coefficient (Wildman–Crippen LogP) is 2.36. The molecule has 4 rings (SSSR count). The van der Waals surface area contributed by atoms with Crippen LogP contribution >= 0.6 is 0 Å². The van der Waals surface area contributed by atoms with Gasteiger partial charge in [-0.3, -0.25) is 9.69 Å². The van der Waals surface area contributed by atoms with Crippen LogP contribution < -0.4 is 0 Å². The third-order valence-electron chi connectivity index (χ3n) is 6.92. The minimum atomic E-state index is -0.208. The number of carbonyl (C=O) groups excluding carboxylic acids is 2. The molecule has 25 heavy (non-hydrogen) atoms. The van der Waals surface area contributed by atoms with E-state index in [1.54, 1.807) is 13.0 Å². The van der Waals surface area contributed by atoms with Crippen LogP contribution in [0.4, 0.5) is 0 Å².